The molecule has 3 rings (SSSR count). The minimum atomic E-state index is -0.494. The Bertz CT molecular complexity index is 920. The number of aryl methyl sites for hydroxylation is 1. The molecule has 0 radical (unpaired) electrons. The molecule has 0 spiro atoms. The third kappa shape index (κ3) is 3.94. The Morgan fingerprint density at radius 2 is 1.85 bits per heavy atom. The molecule has 0 atom stereocenters. The molecule has 2 heterocycles. The predicted molar refractivity (Wildman–Crippen MR) is 97.4 cm³/mol. The number of esters is 2. The van der Waals surface area contributed by atoms with Gasteiger partial charge in [0, 0.05) is 6.20 Å². The SMILES string of the molecule is CCOC(=O)c1ccc(OC(=O)c2sc(-c3ccccn3)nc2C)cc1. The zero-order chi connectivity index (χ0) is 18.5. The topological polar surface area (TPSA) is 78.4 Å². The molecule has 1 aromatic carbocycles. The van der Waals surface area contributed by atoms with Crippen LogP contribution in [0.3, 0.4) is 0 Å². The fourth-order valence-electron chi connectivity index (χ4n) is 2.21. The van der Waals surface area contributed by atoms with E-state index in [4.69, 9.17) is 9.47 Å². The van der Waals surface area contributed by atoms with Crippen molar-refractivity contribution in [2.45, 2.75) is 13.8 Å². The van der Waals surface area contributed by atoms with Gasteiger partial charge in [0.2, 0.25) is 0 Å². The summed E-state index contributed by atoms with van der Waals surface area (Å²) in [5.74, 6) is -0.565. The maximum absolute atomic E-state index is 12.4. The molecule has 0 fully saturated rings. The van der Waals surface area contributed by atoms with E-state index in [1.165, 1.54) is 11.3 Å². The predicted octanol–water partition coefficient (Wildman–Crippen LogP) is 3.91. The molecule has 0 aliphatic rings. The number of thiazole rings is 1. The number of carbonyl (C=O) groups is 2. The molecule has 132 valence electrons. The summed E-state index contributed by atoms with van der Waals surface area (Å²) in [6, 6.07) is 11.7. The van der Waals surface area contributed by atoms with Gasteiger partial charge in [0.05, 0.1) is 23.6 Å². The van der Waals surface area contributed by atoms with Gasteiger partial charge in [-0.2, -0.15) is 0 Å². The minimum absolute atomic E-state index is 0.304. The fraction of sp³-hybridized carbons (Fsp3) is 0.158. The van der Waals surface area contributed by atoms with Gasteiger partial charge < -0.3 is 9.47 Å². The van der Waals surface area contributed by atoms with Crippen LogP contribution in [0.4, 0.5) is 0 Å². The second-order valence-electron chi connectivity index (χ2n) is 5.28. The molecule has 7 heteroatoms. The second-order valence-corrected chi connectivity index (χ2v) is 6.28. The van der Waals surface area contributed by atoms with Crippen molar-refractivity contribution < 1.29 is 19.1 Å². The zero-order valence-corrected chi connectivity index (χ0v) is 15.1. The summed E-state index contributed by atoms with van der Waals surface area (Å²) in [4.78, 5) is 33.1. The van der Waals surface area contributed by atoms with Crippen molar-refractivity contribution in [1.29, 1.82) is 0 Å². The van der Waals surface area contributed by atoms with Crippen molar-refractivity contribution in [1.82, 2.24) is 9.97 Å². The summed E-state index contributed by atoms with van der Waals surface area (Å²) in [5.41, 5.74) is 1.69. The van der Waals surface area contributed by atoms with E-state index in [0.717, 1.165) is 0 Å². The van der Waals surface area contributed by atoms with Crippen LogP contribution in [0.2, 0.25) is 0 Å². The van der Waals surface area contributed by atoms with Crippen molar-refractivity contribution in [3.63, 3.8) is 0 Å². The van der Waals surface area contributed by atoms with E-state index in [2.05, 4.69) is 9.97 Å². The molecular formula is C19H16N2O4S. The smallest absolute Gasteiger partial charge is 0.355 e. The van der Waals surface area contributed by atoms with Crippen molar-refractivity contribution in [3.05, 3.63) is 64.8 Å². The first-order chi connectivity index (χ1) is 12.6. The van der Waals surface area contributed by atoms with Crippen LogP contribution in [0.25, 0.3) is 10.7 Å². The monoisotopic (exact) mass is 368 g/mol. The van der Waals surface area contributed by atoms with Crippen LogP contribution in [-0.4, -0.2) is 28.5 Å². The highest BCUT2D eigenvalue weighted by molar-refractivity contribution is 7.17. The van der Waals surface area contributed by atoms with Gasteiger partial charge in [-0.25, -0.2) is 14.6 Å². The summed E-state index contributed by atoms with van der Waals surface area (Å²) >= 11 is 1.23. The number of pyridine rings is 1. The van der Waals surface area contributed by atoms with Crippen LogP contribution in [0.15, 0.2) is 48.7 Å². The molecule has 2 aromatic heterocycles. The Balaban J connectivity index is 1.74. The molecule has 26 heavy (non-hydrogen) atoms. The molecular weight excluding hydrogens is 352 g/mol. The third-order valence-electron chi connectivity index (χ3n) is 3.44. The summed E-state index contributed by atoms with van der Waals surface area (Å²) in [6.07, 6.45) is 1.68. The summed E-state index contributed by atoms with van der Waals surface area (Å²) in [6.45, 7) is 3.80. The molecule has 0 amide bonds. The van der Waals surface area contributed by atoms with Crippen molar-refractivity contribution in [2.24, 2.45) is 0 Å². The van der Waals surface area contributed by atoms with Crippen LogP contribution < -0.4 is 4.74 Å². The molecule has 0 bridgehead atoms. The lowest BCUT2D eigenvalue weighted by molar-refractivity contribution is 0.0526. The van der Waals surface area contributed by atoms with Crippen molar-refractivity contribution >= 4 is 23.3 Å². The summed E-state index contributed by atoms with van der Waals surface area (Å²) in [7, 11) is 0. The number of rotatable bonds is 5. The molecule has 0 saturated carbocycles. The minimum Gasteiger partial charge on any atom is -0.462 e. The first-order valence-corrected chi connectivity index (χ1v) is 8.78. The highest BCUT2D eigenvalue weighted by Crippen LogP contribution is 2.27. The van der Waals surface area contributed by atoms with Gasteiger partial charge in [0.1, 0.15) is 15.6 Å². The van der Waals surface area contributed by atoms with E-state index >= 15 is 0 Å². The molecule has 0 unspecified atom stereocenters. The van der Waals surface area contributed by atoms with Gasteiger partial charge in [-0.1, -0.05) is 6.07 Å². The van der Waals surface area contributed by atoms with Crippen LogP contribution >= 0.6 is 11.3 Å². The molecule has 0 aliphatic carbocycles. The van der Waals surface area contributed by atoms with Gasteiger partial charge in [-0.15, -0.1) is 11.3 Å². The Hall–Kier alpha value is -3.06. The van der Waals surface area contributed by atoms with E-state index in [0.29, 0.717) is 39.2 Å². The van der Waals surface area contributed by atoms with Gasteiger partial charge in [-0.05, 0) is 50.2 Å². The molecule has 6 nitrogen and oxygen atoms in total. The van der Waals surface area contributed by atoms with E-state index in [9.17, 15) is 9.59 Å². The number of aromatic nitrogens is 2. The quantitative estimate of drug-likeness (QED) is 0.502. The number of hydrogen-bond acceptors (Lipinski definition) is 7. The van der Waals surface area contributed by atoms with E-state index < -0.39 is 11.9 Å². The lowest BCUT2D eigenvalue weighted by Gasteiger charge is -2.05. The lowest BCUT2D eigenvalue weighted by Crippen LogP contribution is -2.09. The van der Waals surface area contributed by atoms with Gasteiger partial charge in [-0.3, -0.25) is 4.98 Å². The van der Waals surface area contributed by atoms with Crippen LogP contribution in [0.1, 0.15) is 32.6 Å². The highest BCUT2D eigenvalue weighted by Gasteiger charge is 2.19. The average Bonchev–Trinajstić information content (AvgIpc) is 3.05. The molecule has 3 aromatic rings. The van der Waals surface area contributed by atoms with Crippen LogP contribution in [-0.2, 0) is 4.74 Å². The van der Waals surface area contributed by atoms with Crippen molar-refractivity contribution in [2.75, 3.05) is 6.61 Å². The highest BCUT2D eigenvalue weighted by atomic mass is 32.1. The maximum Gasteiger partial charge on any atom is 0.355 e. The van der Waals surface area contributed by atoms with E-state index in [1.54, 1.807) is 44.3 Å². The number of benzene rings is 1. The third-order valence-corrected chi connectivity index (χ3v) is 4.60. The molecule has 0 aliphatic heterocycles. The van der Waals surface area contributed by atoms with E-state index in [1.807, 2.05) is 18.2 Å². The summed E-state index contributed by atoms with van der Waals surface area (Å²) < 4.78 is 10.3. The van der Waals surface area contributed by atoms with Gasteiger partial charge in [0.25, 0.3) is 0 Å². The Kier molecular flexibility index (Phi) is 5.38. The first-order valence-electron chi connectivity index (χ1n) is 7.96. The largest absolute Gasteiger partial charge is 0.462 e. The maximum atomic E-state index is 12.4. The summed E-state index contributed by atoms with van der Waals surface area (Å²) in [5, 5.41) is 0.660. The Morgan fingerprint density at radius 3 is 2.50 bits per heavy atom. The number of carbonyl (C=O) groups excluding carboxylic acids is 2. The Labute approximate surface area is 154 Å². The van der Waals surface area contributed by atoms with Gasteiger partial charge in [0.15, 0.2) is 0 Å². The van der Waals surface area contributed by atoms with Crippen LogP contribution in [0, 0.1) is 6.92 Å². The number of nitrogens with zero attached hydrogens (tertiary/aromatic N) is 2. The normalized spacial score (nSPS) is 10.4. The first kappa shape index (κ1) is 17.8. The second kappa shape index (κ2) is 7.88. The zero-order valence-electron chi connectivity index (χ0n) is 14.3. The lowest BCUT2D eigenvalue weighted by atomic mass is 10.2. The van der Waals surface area contributed by atoms with Crippen molar-refractivity contribution in [3.8, 4) is 16.5 Å². The standard InChI is InChI=1S/C19H16N2O4S/c1-3-24-18(22)13-7-9-14(10-8-13)25-19(23)16-12(2)21-17(26-16)15-6-4-5-11-20-15/h4-11H,3H2,1-2H3. The van der Waals surface area contributed by atoms with Crippen LogP contribution in [0.5, 0.6) is 5.75 Å². The Morgan fingerprint density at radius 1 is 1.08 bits per heavy atom. The molecule has 0 saturated heterocycles. The fourth-order valence-corrected chi connectivity index (χ4v) is 3.13. The van der Waals surface area contributed by atoms with E-state index in [-0.39, 0.29) is 0 Å². The average molecular weight is 368 g/mol. The number of hydrogen-bond donors (Lipinski definition) is 0. The number of ether oxygens (including phenoxy) is 2. The molecule has 0 N–H and O–H groups in total. The van der Waals surface area contributed by atoms with Gasteiger partial charge >= 0.3 is 11.9 Å².